The molecule has 616 valence electrons. The molecule has 7 aliphatic carbocycles. The third-order valence-electron chi connectivity index (χ3n) is 24.6. The van der Waals surface area contributed by atoms with Gasteiger partial charge in [-0.25, -0.2) is 24.0 Å². The number of para-hydroxylation sites is 3. The topological polar surface area (TPSA) is 238 Å². The summed E-state index contributed by atoms with van der Waals surface area (Å²) in [5, 5.41) is 23.2. The molecule has 7 aliphatic rings. The maximum atomic E-state index is 12.3. The molecule has 18 nitrogen and oxygen atoms in total. The number of aliphatic hydroxyl groups is 1. The summed E-state index contributed by atoms with van der Waals surface area (Å²) in [6, 6.07) is 14.8. The number of nitrogens with one attached hydrogen (secondary N) is 5. The van der Waals surface area contributed by atoms with Crippen LogP contribution in [-0.4, -0.2) is 104 Å². The van der Waals surface area contributed by atoms with E-state index >= 15 is 0 Å². The quantitative estimate of drug-likeness (QED) is 0.0326. The first-order chi connectivity index (χ1) is 51.5. The molecule has 0 radical (unpaired) electrons. The van der Waals surface area contributed by atoms with Crippen LogP contribution in [0.3, 0.4) is 0 Å². The molecular weight excluding hydrogens is 1360 g/mol. The van der Waals surface area contributed by atoms with E-state index in [9.17, 15) is 28.8 Å². The van der Waals surface area contributed by atoms with Crippen LogP contribution in [0.4, 0.5) is 35.3 Å². The van der Waals surface area contributed by atoms with Gasteiger partial charge >= 0.3 is 30.5 Å². The summed E-state index contributed by atoms with van der Waals surface area (Å²) in [7, 11) is 0. The smallest absolute Gasteiger partial charge is 0.412 e. The van der Waals surface area contributed by atoms with Crippen LogP contribution in [0, 0.1) is 94.7 Å². The molecule has 2 aromatic rings. The molecule has 5 amide bonds. The van der Waals surface area contributed by atoms with Crippen LogP contribution in [0.2, 0.25) is 0 Å². The number of ketones is 1. The highest BCUT2D eigenvalue weighted by atomic mass is 16.6. The number of carbonyl (C=O) groups excluding carboxylic acids is 6. The Bertz CT molecular complexity index is 2870. The summed E-state index contributed by atoms with van der Waals surface area (Å²) in [6.07, 6.45) is 32.0. The van der Waals surface area contributed by atoms with Crippen molar-refractivity contribution >= 4 is 47.6 Å². The number of unbranched alkanes of at least 4 members (excludes halogenated alkanes) is 3. The Morgan fingerprint density at radius 3 is 1.16 bits per heavy atom. The van der Waals surface area contributed by atoms with Crippen molar-refractivity contribution in [3.05, 3.63) is 54.1 Å². The molecule has 0 bridgehead atoms. The van der Waals surface area contributed by atoms with Gasteiger partial charge in [-0.05, 0) is 236 Å². The van der Waals surface area contributed by atoms with Crippen molar-refractivity contribution in [2.45, 2.75) is 340 Å². The van der Waals surface area contributed by atoms with E-state index in [1.165, 1.54) is 103 Å². The van der Waals surface area contributed by atoms with E-state index in [2.05, 4.69) is 130 Å². The molecule has 7 saturated carbocycles. The number of benzene rings is 2. The van der Waals surface area contributed by atoms with Gasteiger partial charge in [-0.2, -0.15) is 0 Å². The molecular formula is C90H153N5O13. The fraction of sp³-hybridized carbons (Fsp3) is 0.800. The highest BCUT2D eigenvalue weighted by molar-refractivity contribution is 6.02. The van der Waals surface area contributed by atoms with Gasteiger partial charge in [0.2, 0.25) is 0 Å². The maximum Gasteiger partial charge on any atom is 0.412 e. The minimum Gasteiger partial charge on any atom is -0.492 e. The average Bonchev–Trinajstić information content (AvgIpc) is 0.843. The van der Waals surface area contributed by atoms with Crippen molar-refractivity contribution in [1.29, 1.82) is 0 Å². The third-order valence-corrected chi connectivity index (χ3v) is 24.6. The number of ether oxygens (including phenoxy) is 6. The van der Waals surface area contributed by atoms with Gasteiger partial charge in [0.25, 0.3) is 0 Å². The molecule has 0 heterocycles. The lowest BCUT2D eigenvalue weighted by molar-refractivity contribution is 0.00416. The first kappa shape index (κ1) is 92.8. The number of alkyl carbamates (subject to hydrolysis) is 3. The van der Waals surface area contributed by atoms with Crippen LogP contribution in [-0.2, 0) is 23.7 Å². The molecule has 0 aliphatic heterocycles. The van der Waals surface area contributed by atoms with Gasteiger partial charge in [-0.15, -0.1) is 0 Å². The number of anilines is 2. The van der Waals surface area contributed by atoms with Crippen molar-refractivity contribution in [2.24, 2.45) is 94.7 Å². The summed E-state index contributed by atoms with van der Waals surface area (Å²) in [5.74, 6) is 9.61. The van der Waals surface area contributed by atoms with Gasteiger partial charge in [-0.3, -0.25) is 15.4 Å². The van der Waals surface area contributed by atoms with E-state index in [-0.39, 0.29) is 67.3 Å². The Balaban J connectivity index is 0.000000242. The summed E-state index contributed by atoms with van der Waals surface area (Å²) < 4.78 is 34.3. The van der Waals surface area contributed by atoms with E-state index < -0.39 is 6.09 Å². The van der Waals surface area contributed by atoms with Crippen LogP contribution in [0.15, 0.2) is 48.5 Å². The first-order valence-corrected chi connectivity index (χ1v) is 43.3. The molecule has 0 aromatic heterocycles. The number of hydrogen-bond donors (Lipinski definition) is 6. The maximum absolute atomic E-state index is 12.3. The summed E-state index contributed by atoms with van der Waals surface area (Å²) in [6.45, 7) is 39.1. The molecule has 18 heteroatoms. The third kappa shape index (κ3) is 34.5. The molecule has 15 atom stereocenters. The number of carbonyl (C=O) groups is 6. The Morgan fingerprint density at radius 2 is 0.759 bits per heavy atom. The van der Waals surface area contributed by atoms with E-state index in [4.69, 9.17) is 33.5 Å². The zero-order valence-corrected chi connectivity index (χ0v) is 70.5. The van der Waals surface area contributed by atoms with Crippen LogP contribution < -0.4 is 31.3 Å². The van der Waals surface area contributed by atoms with Gasteiger partial charge in [-0.1, -0.05) is 212 Å². The number of aliphatic hydroxyl groups excluding tert-OH is 1. The highest BCUT2D eigenvalue weighted by Crippen LogP contribution is 2.41. The second-order valence-corrected chi connectivity index (χ2v) is 35.6. The zero-order chi connectivity index (χ0) is 79.2. The number of Topliss-reactive ketones (excluding diaryl/α,β-unsaturated/α-hetero) is 1. The molecule has 9 rings (SSSR count). The molecule has 0 saturated heterocycles. The van der Waals surface area contributed by atoms with Crippen molar-refractivity contribution in [1.82, 2.24) is 16.0 Å². The molecule has 2 aromatic carbocycles. The monoisotopic (exact) mass is 1510 g/mol. The predicted octanol–water partition coefficient (Wildman–Crippen LogP) is 23.0. The SMILES string of the molecule is CC(=O)c1ccccc1NC(=O)OC1CC(C)CCC1C(C)C.CC(C)[C@H]1CC[C@H](C)C[C@@H]1OC(=O)NC1CCCCC1.CC1CCC(C(C)C)C(OC(=O)NCC2CCCCC2)C1.CC1CCC(C(C)C)C(OC(=O)NCCCCCCO)C1.CCOc1ccccc1NC(=O)OC1CC(C)CCC1C(C)C. The molecule has 0 spiro atoms. The van der Waals surface area contributed by atoms with Gasteiger partial charge in [0.15, 0.2) is 5.78 Å². The fourth-order valence-corrected chi connectivity index (χ4v) is 17.9. The van der Waals surface area contributed by atoms with E-state index in [1.54, 1.807) is 24.3 Å². The van der Waals surface area contributed by atoms with Crippen LogP contribution in [0.25, 0.3) is 0 Å². The lowest BCUT2D eigenvalue weighted by Crippen LogP contribution is -2.42. The van der Waals surface area contributed by atoms with Gasteiger partial charge in [0.05, 0.1) is 18.0 Å². The predicted molar refractivity (Wildman–Crippen MR) is 438 cm³/mol. The first-order valence-electron chi connectivity index (χ1n) is 43.3. The summed E-state index contributed by atoms with van der Waals surface area (Å²) in [5.41, 5.74) is 1.67. The Kier molecular flexibility index (Phi) is 43.2. The largest absolute Gasteiger partial charge is 0.492 e. The lowest BCUT2D eigenvalue weighted by Gasteiger charge is -2.37. The molecule has 6 N–H and O–H groups in total. The highest BCUT2D eigenvalue weighted by Gasteiger charge is 2.39. The Hall–Kier alpha value is -5.78. The fourth-order valence-electron chi connectivity index (χ4n) is 17.9. The molecule has 7 fully saturated rings. The van der Waals surface area contributed by atoms with E-state index in [1.807, 2.05) is 31.2 Å². The molecule has 108 heavy (non-hydrogen) atoms. The Morgan fingerprint density at radius 1 is 0.407 bits per heavy atom. The van der Waals surface area contributed by atoms with E-state index in [0.29, 0.717) is 137 Å². The van der Waals surface area contributed by atoms with Crippen molar-refractivity contribution in [2.75, 3.05) is 36.9 Å². The number of amides is 5. The second kappa shape index (κ2) is 50.3. The van der Waals surface area contributed by atoms with Crippen LogP contribution >= 0.6 is 0 Å². The van der Waals surface area contributed by atoms with Crippen molar-refractivity contribution < 1.29 is 62.3 Å². The lowest BCUT2D eigenvalue weighted by atomic mass is 9.75. The Labute approximate surface area is 654 Å². The second-order valence-electron chi connectivity index (χ2n) is 35.6. The van der Waals surface area contributed by atoms with Crippen molar-refractivity contribution in [3.63, 3.8) is 0 Å². The number of hydrogen-bond acceptors (Lipinski definition) is 13. The zero-order valence-electron chi connectivity index (χ0n) is 70.5. The van der Waals surface area contributed by atoms with Crippen molar-refractivity contribution in [3.8, 4) is 5.75 Å². The summed E-state index contributed by atoms with van der Waals surface area (Å²) in [4.78, 5) is 72.4. The number of rotatable bonds is 24. The average molecular weight is 1510 g/mol. The van der Waals surface area contributed by atoms with Gasteiger partial charge in [0.1, 0.15) is 36.3 Å². The van der Waals surface area contributed by atoms with E-state index in [0.717, 1.165) is 96.4 Å². The standard InChI is InChI=1S/C19H27NO3.C19H29NO3.C18H33NO2.C17H33NO3.C17H31NO2/c1-12(2)15-10-9-13(3)11-18(15)23-19(22)20-17-8-6-5-7-16(17)14(4)21;1-5-22-17-9-7-6-8-16(17)20-19(21)23-18-12-14(4)10-11-15(18)13(2)3;1-13(2)16-10-9-14(3)11-17(16)21-18(20)19-12-15-7-5-4-6-8-15;1-13(2)15-9-8-14(3)12-16(15)21-17(20)18-10-6-4-5-7-11-19;1-12(2)15-10-9-13(3)11-16(15)20-17(19)18-14-7-5-4-6-8-14/h5-8,12-13,15,18H,9-11H2,1-4H3,(H,20,22);6-9,13-15,18H,5,10-12H2,1-4H3,(H,20,21);13-17H,4-12H2,1-3H3,(H,19,20);13-16,19H,4-12H2,1-3H3,(H,18,20);12-16H,4-11H2,1-3H3,(H,18,19)/t;;;;13-,15+,16-/m....0/s1. The normalized spacial score (nSPS) is 27.4. The van der Waals surface area contributed by atoms with Gasteiger partial charge in [0, 0.05) is 31.3 Å². The minimum atomic E-state index is -0.469. The van der Waals surface area contributed by atoms with Crippen LogP contribution in [0.5, 0.6) is 5.75 Å². The molecule has 12 unspecified atom stereocenters. The van der Waals surface area contributed by atoms with Crippen LogP contribution in [0.1, 0.15) is 314 Å². The van der Waals surface area contributed by atoms with Gasteiger partial charge < -0.3 is 49.5 Å². The summed E-state index contributed by atoms with van der Waals surface area (Å²) >= 11 is 0. The minimum absolute atomic E-state index is 0.00185.